The Labute approximate surface area is 279 Å². The second-order valence-corrected chi connectivity index (χ2v) is 13.6. The number of carbonyl (C=O) groups is 1. The summed E-state index contributed by atoms with van der Waals surface area (Å²) in [5.41, 5.74) is 1.30. The molecule has 12 heteroatoms. The van der Waals surface area contributed by atoms with Gasteiger partial charge in [-0.3, -0.25) is 9.53 Å². The predicted molar refractivity (Wildman–Crippen MR) is 166 cm³/mol. The number of alkyl halides is 3. The molecule has 0 aromatic heterocycles. The maximum Gasteiger partial charge on any atom is 1.00 e. The van der Waals surface area contributed by atoms with Gasteiger partial charge in [0.05, 0.1) is 6.10 Å². The molecular weight excluding hydrogens is 607 g/mol. The van der Waals surface area contributed by atoms with E-state index in [9.17, 15) is 27.5 Å². The van der Waals surface area contributed by atoms with E-state index in [-0.39, 0.29) is 37.6 Å². The number of hydrogen-bond acceptors (Lipinski definition) is 4. The van der Waals surface area contributed by atoms with E-state index in [1.54, 1.807) is 13.1 Å². The Kier molecular flexibility index (Phi) is 17.8. The van der Waals surface area contributed by atoms with Gasteiger partial charge in [-0.1, -0.05) is 29.8 Å². The average molecular weight is 650 g/mol. The number of ether oxygens (including phenoxy) is 1. The van der Waals surface area contributed by atoms with E-state index in [1.807, 2.05) is 54.9 Å². The smallest absolute Gasteiger partial charge is 0.484 e. The van der Waals surface area contributed by atoms with E-state index in [0.29, 0.717) is 49.5 Å². The SMILES string of the molecule is C[CH-]C.[CH2-]CN(C[CH2-])[C@@H](CCN(C)[Si](C(=O)O)c1cccc(C)c1C1CCC(OC(F)(F)F)CC1)c1cc(Cl)ccc1F.[Li+]. The van der Waals surface area contributed by atoms with E-state index in [1.165, 1.54) is 12.1 Å². The molecule has 241 valence electrons. The fourth-order valence-electron chi connectivity index (χ4n) is 5.73. The summed E-state index contributed by atoms with van der Waals surface area (Å²) in [7, 11) is -0.566. The average Bonchev–Trinajstić information content (AvgIpc) is 2.93. The summed E-state index contributed by atoms with van der Waals surface area (Å²) in [6.07, 6.45) is -1.67. The van der Waals surface area contributed by atoms with Crippen molar-refractivity contribution in [3.8, 4) is 0 Å². The Hall–Kier alpha value is -1.39. The van der Waals surface area contributed by atoms with Crippen LogP contribution < -0.4 is 24.0 Å². The molecule has 1 saturated carbocycles. The summed E-state index contributed by atoms with van der Waals surface area (Å²) < 4.78 is 59.1. The number of benzene rings is 2. The number of halogens is 5. The number of aryl methyl sites for hydroxylation is 1. The van der Waals surface area contributed by atoms with Crippen molar-refractivity contribution in [3.63, 3.8) is 0 Å². The molecule has 0 spiro atoms. The van der Waals surface area contributed by atoms with Gasteiger partial charge >= 0.3 is 34.2 Å². The topological polar surface area (TPSA) is 53.0 Å². The second-order valence-electron chi connectivity index (χ2n) is 10.7. The standard InChI is InChI=1S/C29H36ClF4N2O3Si.C3H7.Li/c1-5-36(6-2)25(23-18-21(30)12-15-24(23)31)16-17-35(4)40(28(37)38)26-9-7-8-19(3)27(26)20-10-13-22(14-11-20)39-29(32,33)34;1-3-2;/h7-9,12,15,18,20,22,25H,1-2,5-6,10-11,13-14,16-17H2,3-4H3,(H,37,38);3H,1-2H3;/q-2;-1;+1/t20?,22?,25-;;/m0../s1. The molecule has 0 unspecified atom stereocenters. The van der Waals surface area contributed by atoms with Gasteiger partial charge in [0.25, 0.3) is 5.59 Å². The van der Waals surface area contributed by atoms with Crippen molar-refractivity contribution < 1.29 is 51.1 Å². The molecule has 44 heavy (non-hydrogen) atoms. The fraction of sp³-hybridized carbons (Fsp3) is 0.500. The molecule has 2 aromatic rings. The van der Waals surface area contributed by atoms with Gasteiger partial charge in [-0.05, 0) is 93.1 Å². The van der Waals surface area contributed by atoms with Crippen molar-refractivity contribution >= 4 is 31.3 Å². The minimum absolute atomic E-state index is 0. The Bertz CT molecular complexity index is 1160. The summed E-state index contributed by atoms with van der Waals surface area (Å²) in [6, 6.07) is 9.54. The maximum absolute atomic E-state index is 14.9. The molecule has 0 saturated heterocycles. The number of hydrogen-bond donors (Lipinski definition) is 1. The molecule has 0 heterocycles. The molecule has 0 aliphatic heterocycles. The van der Waals surface area contributed by atoms with Gasteiger partial charge in [0.1, 0.15) is 5.82 Å². The summed E-state index contributed by atoms with van der Waals surface area (Å²) in [4.78, 5) is 14.6. The van der Waals surface area contributed by atoms with E-state index in [0.717, 1.165) is 16.3 Å². The van der Waals surface area contributed by atoms with E-state index >= 15 is 0 Å². The van der Waals surface area contributed by atoms with Crippen LogP contribution in [-0.2, 0) is 4.74 Å². The van der Waals surface area contributed by atoms with Crippen molar-refractivity contribution in [1.82, 2.24) is 9.47 Å². The molecule has 2 aromatic carbocycles. The van der Waals surface area contributed by atoms with Crippen molar-refractivity contribution in [2.24, 2.45) is 0 Å². The van der Waals surface area contributed by atoms with E-state index < -0.39 is 38.9 Å². The number of carboxylic acid groups (broad SMARTS) is 1. The Morgan fingerprint density at radius 2 is 1.75 bits per heavy atom. The molecule has 0 amide bonds. The summed E-state index contributed by atoms with van der Waals surface area (Å²) >= 11 is 6.17. The Balaban J connectivity index is 0.00000232. The van der Waals surface area contributed by atoms with Gasteiger partial charge in [-0.25, -0.2) is 4.39 Å². The monoisotopic (exact) mass is 649 g/mol. The van der Waals surface area contributed by atoms with Crippen LogP contribution >= 0.6 is 11.6 Å². The van der Waals surface area contributed by atoms with Crippen molar-refractivity contribution in [3.05, 3.63) is 84.2 Å². The van der Waals surface area contributed by atoms with Crippen molar-refractivity contribution in [2.45, 2.75) is 77.3 Å². The predicted octanol–water partition coefficient (Wildman–Crippen LogP) is 5.08. The van der Waals surface area contributed by atoms with Gasteiger partial charge in [-0.15, -0.1) is 26.3 Å². The third-order valence-corrected chi connectivity index (χ3v) is 10.2. The van der Waals surface area contributed by atoms with Gasteiger partial charge in [0.2, 0.25) is 0 Å². The fourth-order valence-corrected chi connectivity index (χ4v) is 8.14. The molecule has 1 fully saturated rings. The van der Waals surface area contributed by atoms with Crippen LogP contribution in [0.1, 0.15) is 74.6 Å². The summed E-state index contributed by atoms with van der Waals surface area (Å²) in [6.45, 7) is 14.9. The molecule has 1 aliphatic rings. The minimum atomic E-state index is -4.67. The molecule has 3 rings (SSSR count). The first-order valence-corrected chi connectivity index (χ1v) is 16.3. The first-order chi connectivity index (χ1) is 20.3. The summed E-state index contributed by atoms with van der Waals surface area (Å²) in [5, 5.41) is 11.5. The first kappa shape index (κ1) is 40.6. The largest absolute Gasteiger partial charge is 1.00 e. The van der Waals surface area contributed by atoms with E-state index in [2.05, 4.69) is 18.6 Å². The van der Waals surface area contributed by atoms with Crippen molar-refractivity contribution in [1.29, 1.82) is 0 Å². The Morgan fingerprint density at radius 3 is 2.27 bits per heavy atom. The van der Waals surface area contributed by atoms with Crippen LogP contribution in [0.2, 0.25) is 5.02 Å². The molecule has 1 atom stereocenters. The van der Waals surface area contributed by atoms with Crippen LogP contribution in [0.25, 0.3) is 0 Å². The van der Waals surface area contributed by atoms with Crippen LogP contribution in [0.15, 0.2) is 36.4 Å². The molecule has 1 aliphatic carbocycles. The quantitative estimate of drug-likeness (QED) is 0.198. The number of rotatable bonds is 12. The van der Waals surface area contributed by atoms with Crippen LogP contribution in [0.4, 0.5) is 22.4 Å². The van der Waals surface area contributed by atoms with Crippen LogP contribution in [-0.4, -0.2) is 68.3 Å². The van der Waals surface area contributed by atoms with Gasteiger partial charge in [-0.2, -0.15) is 13.8 Å². The minimum Gasteiger partial charge on any atom is -0.484 e. The second kappa shape index (κ2) is 19.3. The van der Waals surface area contributed by atoms with Gasteiger partial charge < -0.3 is 34.8 Å². The van der Waals surface area contributed by atoms with Crippen LogP contribution in [0, 0.1) is 33.0 Å². The maximum atomic E-state index is 14.9. The molecule has 1 radical (unpaired) electrons. The van der Waals surface area contributed by atoms with Crippen molar-refractivity contribution in [2.75, 3.05) is 26.7 Å². The third kappa shape index (κ3) is 11.8. The zero-order valence-electron chi connectivity index (χ0n) is 26.4. The zero-order valence-corrected chi connectivity index (χ0v) is 28.1. The van der Waals surface area contributed by atoms with Gasteiger partial charge in [0.15, 0.2) is 0 Å². The van der Waals surface area contributed by atoms with Crippen LogP contribution in [0.5, 0.6) is 0 Å². The molecule has 0 bridgehead atoms. The third-order valence-electron chi connectivity index (χ3n) is 7.62. The van der Waals surface area contributed by atoms with E-state index in [4.69, 9.17) is 11.6 Å². The summed E-state index contributed by atoms with van der Waals surface area (Å²) in [5.74, 6) is -0.461. The Morgan fingerprint density at radius 1 is 1.16 bits per heavy atom. The normalized spacial score (nSPS) is 17.7. The van der Waals surface area contributed by atoms with Crippen LogP contribution in [0.3, 0.4) is 0 Å². The molecule has 1 N–H and O–H groups in total. The number of nitrogens with zero attached hydrogens (tertiary/aromatic N) is 2. The first-order valence-electron chi connectivity index (χ1n) is 14.4. The van der Waals surface area contributed by atoms with Gasteiger partial charge in [0, 0.05) is 16.6 Å². The molecule has 5 nitrogen and oxygen atoms in total. The molecular formula is C32H43ClF4LiN2O3Si-2. The zero-order chi connectivity index (χ0) is 32.3.